The predicted molar refractivity (Wildman–Crippen MR) is 124 cm³/mol. The highest BCUT2D eigenvalue weighted by Crippen LogP contribution is 2.39. The minimum atomic E-state index is -1.00. The number of hydrogen-bond acceptors (Lipinski definition) is 3. The number of rotatable bonds is 5. The average Bonchev–Trinajstić information content (AvgIpc) is 3.06. The molecule has 0 bridgehead atoms. The number of carboxylic acids is 1. The first-order valence-corrected chi connectivity index (χ1v) is 10.6. The van der Waals surface area contributed by atoms with Gasteiger partial charge in [-0.1, -0.05) is 0 Å². The summed E-state index contributed by atoms with van der Waals surface area (Å²) in [5, 5.41) is 10.2. The fourth-order valence-corrected chi connectivity index (χ4v) is 4.66. The first kappa shape index (κ1) is 20.5. The summed E-state index contributed by atoms with van der Waals surface area (Å²) in [6.07, 6.45) is 0. The van der Waals surface area contributed by atoms with Crippen LogP contribution in [0.3, 0.4) is 0 Å². The van der Waals surface area contributed by atoms with Gasteiger partial charge >= 0.3 is 5.97 Å². The van der Waals surface area contributed by atoms with Gasteiger partial charge in [-0.05, 0) is 105 Å². The molecule has 0 aliphatic carbocycles. The van der Waals surface area contributed by atoms with E-state index in [-0.39, 0.29) is 5.56 Å². The second-order valence-electron chi connectivity index (χ2n) is 6.74. The number of aryl methyl sites for hydroxylation is 1. The Morgan fingerprint density at radius 2 is 1.60 bits per heavy atom. The topological polar surface area (TPSA) is 71.5 Å². The molecule has 1 heterocycles. The van der Waals surface area contributed by atoms with Gasteiger partial charge in [0.25, 0.3) is 0 Å². The van der Waals surface area contributed by atoms with Crippen molar-refractivity contribution in [1.29, 1.82) is 0 Å². The third-order valence-corrected chi connectivity index (χ3v) is 6.05. The van der Waals surface area contributed by atoms with Crippen LogP contribution in [0.4, 0.5) is 0 Å². The van der Waals surface area contributed by atoms with Crippen molar-refractivity contribution in [3.8, 4) is 28.5 Å². The molecule has 5 nitrogen and oxygen atoms in total. The Hall–Kier alpha value is -2.77. The summed E-state index contributed by atoms with van der Waals surface area (Å²) in [4.78, 5) is 14.7. The normalized spacial score (nSPS) is 10.9. The zero-order valence-corrected chi connectivity index (χ0v) is 19.3. The van der Waals surface area contributed by atoms with Crippen LogP contribution in [-0.4, -0.2) is 23.2 Å². The number of fused-ring (bicyclic) bond motifs is 1. The fourth-order valence-electron chi connectivity index (χ4n) is 3.31. The average molecular weight is 531 g/mol. The Kier molecular flexibility index (Phi) is 5.58. The molecule has 30 heavy (non-hydrogen) atoms. The molecule has 0 fully saturated rings. The van der Waals surface area contributed by atoms with E-state index in [0.29, 0.717) is 20.4 Å². The zero-order chi connectivity index (χ0) is 21.4. The summed E-state index contributed by atoms with van der Waals surface area (Å²) in [5.41, 5.74) is 4.40. The smallest absolute Gasteiger partial charge is 0.335 e. The lowest BCUT2D eigenvalue weighted by atomic mass is 10.1. The summed E-state index contributed by atoms with van der Waals surface area (Å²) < 4.78 is 12.4. The van der Waals surface area contributed by atoms with E-state index in [1.54, 1.807) is 7.11 Å². The van der Waals surface area contributed by atoms with E-state index < -0.39 is 5.97 Å². The van der Waals surface area contributed by atoms with E-state index >= 15 is 0 Å². The van der Waals surface area contributed by atoms with Crippen molar-refractivity contribution in [2.24, 2.45) is 0 Å². The third-order valence-electron chi connectivity index (χ3n) is 4.87. The molecule has 1 aromatic heterocycles. The molecule has 0 aliphatic rings. The number of aromatic carboxylic acids is 1. The molecule has 7 heteroatoms. The highest BCUT2D eigenvalue weighted by Gasteiger charge is 2.15. The fraction of sp³-hybridized carbons (Fsp3) is 0.0870. The molecule has 0 spiro atoms. The lowest BCUT2D eigenvalue weighted by molar-refractivity contribution is 0.0696. The van der Waals surface area contributed by atoms with Crippen LogP contribution in [0, 0.1) is 6.92 Å². The molecular weight excluding hydrogens is 514 g/mol. The molecule has 0 atom stereocenters. The van der Waals surface area contributed by atoms with Crippen molar-refractivity contribution in [2.75, 3.05) is 7.11 Å². The van der Waals surface area contributed by atoms with E-state index in [1.807, 2.05) is 42.5 Å². The Balaban J connectivity index is 1.70. The van der Waals surface area contributed by atoms with Crippen LogP contribution in [0.25, 0.3) is 22.2 Å². The Morgan fingerprint density at radius 1 is 0.967 bits per heavy atom. The van der Waals surface area contributed by atoms with Gasteiger partial charge < -0.3 is 19.6 Å². The maximum absolute atomic E-state index is 11.2. The minimum Gasteiger partial charge on any atom is -0.497 e. The number of hydrogen-bond donors (Lipinski definition) is 2. The van der Waals surface area contributed by atoms with Gasteiger partial charge in [-0.2, -0.15) is 0 Å². The molecular formula is C23H17Br2NO4. The van der Waals surface area contributed by atoms with Gasteiger partial charge in [0.1, 0.15) is 11.5 Å². The maximum Gasteiger partial charge on any atom is 0.335 e. The van der Waals surface area contributed by atoms with Crippen molar-refractivity contribution in [3.05, 3.63) is 74.7 Å². The highest BCUT2D eigenvalue weighted by atomic mass is 79.9. The molecule has 2 N–H and O–H groups in total. The number of halogens is 2. The van der Waals surface area contributed by atoms with Crippen molar-refractivity contribution < 1.29 is 19.4 Å². The highest BCUT2D eigenvalue weighted by molar-refractivity contribution is 9.11. The summed E-state index contributed by atoms with van der Waals surface area (Å²) in [7, 11) is 1.65. The van der Waals surface area contributed by atoms with E-state index in [9.17, 15) is 9.90 Å². The van der Waals surface area contributed by atoms with Gasteiger partial charge in [0.05, 0.1) is 21.6 Å². The molecule has 152 valence electrons. The molecule has 0 unspecified atom stereocenters. The van der Waals surface area contributed by atoms with Gasteiger partial charge in [-0.15, -0.1) is 0 Å². The number of methoxy groups -OCH3 is 1. The van der Waals surface area contributed by atoms with Crippen LogP contribution >= 0.6 is 31.9 Å². The third kappa shape index (κ3) is 3.82. The summed E-state index contributed by atoms with van der Waals surface area (Å²) in [6, 6.07) is 16.8. The monoisotopic (exact) mass is 529 g/mol. The van der Waals surface area contributed by atoms with Crippen LogP contribution in [0.2, 0.25) is 0 Å². The van der Waals surface area contributed by atoms with Crippen LogP contribution in [0.5, 0.6) is 17.2 Å². The lowest BCUT2D eigenvalue weighted by Gasteiger charge is -2.11. The molecule has 0 aliphatic heterocycles. The summed E-state index contributed by atoms with van der Waals surface area (Å²) in [5.74, 6) is 0.977. The molecule has 3 aromatic carbocycles. The number of ether oxygens (including phenoxy) is 2. The van der Waals surface area contributed by atoms with E-state index in [4.69, 9.17) is 9.47 Å². The van der Waals surface area contributed by atoms with Crippen LogP contribution < -0.4 is 9.47 Å². The number of carbonyl (C=O) groups is 1. The Bertz CT molecular complexity index is 1240. The number of aromatic nitrogens is 1. The Labute approximate surface area is 189 Å². The van der Waals surface area contributed by atoms with E-state index in [2.05, 4.69) is 43.8 Å². The maximum atomic E-state index is 11.2. The van der Waals surface area contributed by atoms with Gasteiger partial charge in [-0.25, -0.2) is 4.79 Å². The molecule has 0 amide bonds. The zero-order valence-electron chi connectivity index (χ0n) is 16.1. The largest absolute Gasteiger partial charge is 0.497 e. The first-order chi connectivity index (χ1) is 14.4. The van der Waals surface area contributed by atoms with E-state index in [0.717, 1.165) is 33.5 Å². The van der Waals surface area contributed by atoms with Crippen molar-refractivity contribution in [3.63, 3.8) is 0 Å². The number of nitrogens with one attached hydrogen (secondary N) is 1. The number of aromatic amines is 1. The molecule has 0 saturated carbocycles. The predicted octanol–water partition coefficient (Wildman–Crippen LogP) is 7.17. The van der Waals surface area contributed by atoms with Crippen molar-refractivity contribution in [1.82, 2.24) is 4.98 Å². The van der Waals surface area contributed by atoms with Gasteiger partial charge in [0, 0.05) is 16.6 Å². The van der Waals surface area contributed by atoms with Crippen molar-refractivity contribution in [2.45, 2.75) is 6.92 Å². The molecule has 4 aromatic rings. The SMILES string of the molecule is COc1ccc(-c2[nH]c3ccc(Oc4c(Br)cc(C(=O)O)cc4Br)cc3c2C)cc1. The summed E-state index contributed by atoms with van der Waals surface area (Å²) >= 11 is 6.80. The number of carboxylic acid groups (broad SMARTS) is 1. The second kappa shape index (κ2) is 8.16. The lowest BCUT2D eigenvalue weighted by Crippen LogP contribution is -1.97. The van der Waals surface area contributed by atoms with Crippen molar-refractivity contribution >= 4 is 48.7 Å². The van der Waals surface area contributed by atoms with Crippen LogP contribution in [0.1, 0.15) is 15.9 Å². The van der Waals surface area contributed by atoms with E-state index in [1.165, 1.54) is 12.1 Å². The Morgan fingerprint density at radius 3 is 2.20 bits per heavy atom. The van der Waals surface area contributed by atoms with Crippen LogP contribution in [-0.2, 0) is 0 Å². The number of benzene rings is 3. The number of H-pyrrole nitrogens is 1. The second-order valence-corrected chi connectivity index (χ2v) is 8.45. The van der Waals surface area contributed by atoms with Gasteiger partial charge in [0.15, 0.2) is 5.75 Å². The van der Waals surface area contributed by atoms with Gasteiger partial charge in [0.2, 0.25) is 0 Å². The molecule has 0 saturated heterocycles. The molecule has 4 rings (SSSR count). The quantitative estimate of drug-likeness (QED) is 0.287. The minimum absolute atomic E-state index is 0.169. The molecule has 0 radical (unpaired) electrons. The van der Waals surface area contributed by atoms with Crippen LogP contribution in [0.15, 0.2) is 63.5 Å². The van der Waals surface area contributed by atoms with Gasteiger partial charge in [-0.3, -0.25) is 0 Å². The first-order valence-electron chi connectivity index (χ1n) is 9.04. The standard InChI is InChI=1S/C23H17Br2NO4/c1-12-17-11-16(30-22-18(24)9-14(23(27)28)10-19(22)25)7-8-20(17)26-21(12)13-3-5-15(29-2)6-4-13/h3-11,26H,1-2H3,(H,27,28). The summed E-state index contributed by atoms with van der Waals surface area (Å²) in [6.45, 7) is 2.07.